The highest BCUT2D eigenvalue weighted by Crippen LogP contribution is 2.50. The Hall–Kier alpha value is -3.26. The third-order valence-corrected chi connectivity index (χ3v) is 10.0. The van der Waals surface area contributed by atoms with Gasteiger partial charge >= 0.3 is 0 Å². The minimum atomic E-state index is -0.335. The summed E-state index contributed by atoms with van der Waals surface area (Å²) >= 11 is 0. The zero-order valence-electron chi connectivity index (χ0n) is 25.4. The number of likely N-dealkylation sites (tertiary alicyclic amines) is 2. The molecular weight excluding hydrogens is 540 g/mol. The number of methoxy groups -OCH3 is 1. The Morgan fingerprint density at radius 1 is 1.02 bits per heavy atom. The standard InChI is InChI=1S/C36H44N2O5/c1-3-24(19-26-11-7-8-12-31(26)39)13-14-32-33-27(22-42-2)20-29-34(30(33)23-43-32)36(41)38(35(29)40)28-15-17-37(18-16-28)21-25-9-5-4-6-10-25/h4-12,19,28-30,32,34,39H,3,13-18,20-23H2,1-2H3/b24-19+/t29-,30+,32-,34-/m1/s1. The van der Waals surface area contributed by atoms with Crippen molar-refractivity contribution in [2.24, 2.45) is 17.8 Å². The number of carbonyl (C=O) groups excluding carboxylic acids is 2. The van der Waals surface area contributed by atoms with Crippen molar-refractivity contribution in [3.63, 3.8) is 0 Å². The first-order valence-electron chi connectivity index (χ1n) is 15.9. The predicted octanol–water partition coefficient (Wildman–Crippen LogP) is 5.59. The second-order valence-electron chi connectivity index (χ2n) is 12.5. The number of phenols is 1. The van der Waals surface area contributed by atoms with Gasteiger partial charge in [0.25, 0.3) is 0 Å². The zero-order valence-corrected chi connectivity index (χ0v) is 25.4. The van der Waals surface area contributed by atoms with Crippen LogP contribution in [-0.4, -0.2) is 72.3 Å². The molecule has 3 heterocycles. The number of rotatable bonds is 10. The van der Waals surface area contributed by atoms with Crippen LogP contribution in [0.25, 0.3) is 6.08 Å². The monoisotopic (exact) mass is 584 g/mol. The van der Waals surface area contributed by atoms with E-state index in [1.807, 2.05) is 24.3 Å². The lowest BCUT2D eigenvalue weighted by Gasteiger charge is -2.36. The van der Waals surface area contributed by atoms with E-state index in [9.17, 15) is 14.7 Å². The normalized spacial score (nSPS) is 26.7. The summed E-state index contributed by atoms with van der Waals surface area (Å²) in [5, 5.41) is 10.2. The number of aromatic hydroxyl groups is 1. The SMILES string of the molecule is CC/C(=C\c1ccccc1O)CC[C@H]1OC[C@H]2C1=C(COC)C[C@H]1C(=O)N(C3CCN(Cc4ccccc4)CC3)C(=O)[C@H]12. The van der Waals surface area contributed by atoms with Crippen molar-refractivity contribution in [1.82, 2.24) is 9.80 Å². The van der Waals surface area contributed by atoms with Crippen molar-refractivity contribution in [2.45, 2.75) is 64.1 Å². The van der Waals surface area contributed by atoms with Crippen LogP contribution in [0, 0.1) is 17.8 Å². The number of ether oxygens (including phenoxy) is 2. The molecule has 3 aliphatic heterocycles. The average Bonchev–Trinajstić information content (AvgIpc) is 3.55. The molecule has 1 N–H and O–H groups in total. The smallest absolute Gasteiger partial charge is 0.234 e. The van der Waals surface area contributed by atoms with Gasteiger partial charge in [0.2, 0.25) is 11.8 Å². The molecular formula is C36H44N2O5. The van der Waals surface area contributed by atoms with Crippen molar-refractivity contribution >= 4 is 17.9 Å². The molecule has 0 bridgehead atoms. The van der Waals surface area contributed by atoms with E-state index in [-0.39, 0.29) is 47.5 Å². The lowest BCUT2D eigenvalue weighted by Crippen LogP contribution is -2.47. The van der Waals surface area contributed by atoms with Crippen molar-refractivity contribution in [3.8, 4) is 5.75 Å². The van der Waals surface area contributed by atoms with Crippen LogP contribution in [0.1, 0.15) is 56.6 Å². The number of para-hydroxylation sites is 1. The first-order valence-corrected chi connectivity index (χ1v) is 15.9. The maximum atomic E-state index is 14.0. The molecule has 4 atom stereocenters. The molecule has 0 unspecified atom stereocenters. The number of carbonyl (C=O) groups is 2. The summed E-state index contributed by atoms with van der Waals surface area (Å²) in [7, 11) is 1.70. The van der Waals surface area contributed by atoms with Crippen molar-refractivity contribution in [1.29, 1.82) is 0 Å². The molecule has 43 heavy (non-hydrogen) atoms. The first kappa shape index (κ1) is 29.8. The Morgan fingerprint density at radius 2 is 1.77 bits per heavy atom. The van der Waals surface area contributed by atoms with Crippen LogP contribution in [-0.2, 0) is 25.6 Å². The molecule has 1 aliphatic carbocycles. The zero-order chi connectivity index (χ0) is 29.9. The van der Waals surface area contributed by atoms with Crippen LogP contribution in [0.3, 0.4) is 0 Å². The molecule has 2 amide bonds. The maximum absolute atomic E-state index is 14.0. The Labute approximate surface area is 255 Å². The summed E-state index contributed by atoms with van der Waals surface area (Å²) in [5.74, 6) is -0.424. The van der Waals surface area contributed by atoms with Crippen molar-refractivity contribution in [3.05, 3.63) is 82.4 Å². The van der Waals surface area contributed by atoms with Gasteiger partial charge in [-0.3, -0.25) is 19.4 Å². The number of hydrogen-bond donors (Lipinski definition) is 1. The van der Waals surface area contributed by atoms with E-state index in [0.29, 0.717) is 19.6 Å². The van der Waals surface area contributed by atoms with E-state index in [1.54, 1.807) is 18.1 Å². The Morgan fingerprint density at radius 3 is 2.49 bits per heavy atom. The van der Waals surface area contributed by atoms with Gasteiger partial charge in [-0.2, -0.15) is 0 Å². The third-order valence-electron chi connectivity index (χ3n) is 10.0. The van der Waals surface area contributed by atoms with Gasteiger partial charge in [0.05, 0.1) is 31.2 Å². The Bertz CT molecular complexity index is 1380. The molecule has 3 fully saturated rings. The number of fused-ring (bicyclic) bond motifs is 3. The number of phenolic OH excluding ortho intramolecular Hbond substituents is 1. The third kappa shape index (κ3) is 6.08. The Kier molecular flexibility index (Phi) is 9.12. The van der Waals surface area contributed by atoms with E-state index in [0.717, 1.165) is 62.9 Å². The number of allylic oxidation sites excluding steroid dienone is 1. The molecule has 0 aromatic heterocycles. The van der Waals surface area contributed by atoms with Crippen LogP contribution in [0.2, 0.25) is 0 Å². The first-order chi connectivity index (χ1) is 21.0. The number of hydrogen-bond acceptors (Lipinski definition) is 6. The van der Waals surface area contributed by atoms with Gasteiger partial charge in [-0.25, -0.2) is 0 Å². The summed E-state index contributed by atoms with van der Waals surface area (Å²) in [6, 6.07) is 17.8. The molecule has 228 valence electrons. The molecule has 7 nitrogen and oxygen atoms in total. The summed E-state index contributed by atoms with van der Waals surface area (Å²) in [5.41, 5.74) is 5.69. The molecule has 0 spiro atoms. The predicted molar refractivity (Wildman–Crippen MR) is 166 cm³/mol. The highest BCUT2D eigenvalue weighted by Gasteiger charge is 2.58. The second kappa shape index (κ2) is 13.2. The molecule has 4 aliphatic rings. The largest absolute Gasteiger partial charge is 0.507 e. The summed E-state index contributed by atoms with van der Waals surface area (Å²) in [4.78, 5) is 32.0. The van der Waals surface area contributed by atoms with E-state index in [4.69, 9.17) is 9.47 Å². The molecule has 0 saturated carbocycles. The van der Waals surface area contributed by atoms with Gasteiger partial charge in [0.1, 0.15) is 5.75 Å². The van der Waals surface area contributed by atoms with Crippen LogP contribution >= 0.6 is 0 Å². The minimum Gasteiger partial charge on any atom is -0.507 e. The summed E-state index contributed by atoms with van der Waals surface area (Å²) in [6.07, 6.45) is 6.72. The fourth-order valence-electron chi connectivity index (χ4n) is 7.84. The van der Waals surface area contributed by atoms with Crippen LogP contribution in [0.15, 0.2) is 71.3 Å². The van der Waals surface area contributed by atoms with Crippen molar-refractivity contribution < 1.29 is 24.2 Å². The fraction of sp³-hybridized carbons (Fsp3) is 0.500. The molecule has 6 rings (SSSR count). The number of piperidine rings is 1. The topological polar surface area (TPSA) is 79.3 Å². The number of amides is 2. The highest BCUT2D eigenvalue weighted by molar-refractivity contribution is 6.06. The minimum absolute atomic E-state index is 0.00600. The lowest BCUT2D eigenvalue weighted by atomic mass is 9.69. The van der Waals surface area contributed by atoms with Gasteiger partial charge < -0.3 is 14.6 Å². The molecule has 2 aromatic carbocycles. The van der Waals surface area contributed by atoms with Crippen LogP contribution in [0.4, 0.5) is 0 Å². The maximum Gasteiger partial charge on any atom is 0.234 e. The molecule has 0 radical (unpaired) electrons. The average molecular weight is 585 g/mol. The summed E-state index contributed by atoms with van der Waals surface area (Å²) in [6.45, 7) is 5.73. The molecule has 3 saturated heterocycles. The number of nitrogens with zero attached hydrogens (tertiary/aromatic N) is 2. The number of benzene rings is 2. The summed E-state index contributed by atoms with van der Waals surface area (Å²) < 4.78 is 12.0. The van der Waals surface area contributed by atoms with Gasteiger partial charge in [-0.05, 0) is 61.3 Å². The quantitative estimate of drug-likeness (QED) is 0.290. The molecule has 2 aromatic rings. The second-order valence-corrected chi connectivity index (χ2v) is 12.5. The Balaban J connectivity index is 1.14. The van der Waals surface area contributed by atoms with Gasteiger partial charge in [-0.1, -0.05) is 67.1 Å². The lowest BCUT2D eigenvalue weighted by molar-refractivity contribution is -0.144. The van der Waals surface area contributed by atoms with Gasteiger partial charge in [-0.15, -0.1) is 0 Å². The van der Waals surface area contributed by atoms with Crippen LogP contribution in [0.5, 0.6) is 5.75 Å². The highest BCUT2D eigenvalue weighted by atomic mass is 16.5. The van der Waals surface area contributed by atoms with E-state index in [2.05, 4.69) is 42.2 Å². The van der Waals surface area contributed by atoms with Gasteiger partial charge in [0.15, 0.2) is 0 Å². The van der Waals surface area contributed by atoms with Crippen LogP contribution < -0.4 is 0 Å². The van der Waals surface area contributed by atoms with Gasteiger partial charge in [0, 0.05) is 44.3 Å². The van der Waals surface area contributed by atoms with E-state index in [1.165, 1.54) is 16.7 Å². The molecule has 7 heteroatoms. The fourth-order valence-corrected chi connectivity index (χ4v) is 7.84. The van der Waals surface area contributed by atoms with E-state index >= 15 is 0 Å². The van der Waals surface area contributed by atoms with E-state index < -0.39 is 0 Å². The van der Waals surface area contributed by atoms with Crippen molar-refractivity contribution in [2.75, 3.05) is 33.4 Å². The number of imide groups is 1.